The molecule has 9 heteroatoms. The van der Waals surface area contributed by atoms with Crippen molar-refractivity contribution in [1.29, 1.82) is 0 Å². The molecule has 0 aromatic carbocycles. The van der Waals surface area contributed by atoms with E-state index in [-0.39, 0.29) is 19.1 Å². The van der Waals surface area contributed by atoms with Crippen molar-refractivity contribution >= 4 is 13.7 Å². The van der Waals surface area contributed by atoms with E-state index in [0.717, 1.165) is 44.9 Å². The molecule has 412 valence electrons. The number of aliphatic hydroxyl groups is 1. The minimum atomic E-state index is -4.36. The van der Waals surface area contributed by atoms with Crippen molar-refractivity contribution in [2.45, 2.75) is 296 Å². The van der Waals surface area contributed by atoms with Crippen molar-refractivity contribution < 1.29 is 32.9 Å². The van der Waals surface area contributed by atoms with Crippen molar-refractivity contribution in [2.75, 3.05) is 40.9 Å². The number of nitrogens with one attached hydrogen (secondary N) is 1. The van der Waals surface area contributed by atoms with Crippen molar-refractivity contribution in [3.63, 3.8) is 0 Å². The van der Waals surface area contributed by atoms with Gasteiger partial charge in [-0.25, -0.2) is 4.57 Å². The highest BCUT2D eigenvalue weighted by Gasteiger charge is 2.27. The summed E-state index contributed by atoms with van der Waals surface area (Å²) in [5.41, 5.74) is 0. The molecule has 0 radical (unpaired) electrons. The summed E-state index contributed by atoms with van der Waals surface area (Å²) in [6, 6.07) is -0.867. The number of nitrogens with zero attached hydrogens (tertiary/aromatic N) is 1. The van der Waals surface area contributed by atoms with Crippen LogP contribution in [0.4, 0.5) is 0 Å². The van der Waals surface area contributed by atoms with Crippen molar-refractivity contribution in [3.05, 3.63) is 48.6 Å². The van der Waals surface area contributed by atoms with Gasteiger partial charge in [0.2, 0.25) is 5.91 Å². The summed E-state index contributed by atoms with van der Waals surface area (Å²) < 4.78 is 23.7. The number of unbranched alkanes of at least 4 members (excludes halogenated alkanes) is 36. The summed E-state index contributed by atoms with van der Waals surface area (Å²) >= 11 is 0. The molecule has 0 spiro atoms. The van der Waals surface area contributed by atoms with Gasteiger partial charge >= 0.3 is 7.82 Å². The van der Waals surface area contributed by atoms with Crippen LogP contribution in [-0.2, 0) is 18.4 Å². The fourth-order valence-corrected chi connectivity index (χ4v) is 9.53. The maximum atomic E-state index is 13.0. The number of carbonyl (C=O) groups is 1. The fourth-order valence-electron chi connectivity index (χ4n) is 8.80. The first-order valence-electron chi connectivity index (χ1n) is 30.0. The molecule has 0 bridgehead atoms. The lowest BCUT2D eigenvalue weighted by molar-refractivity contribution is -0.870. The minimum absolute atomic E-state index is 0.0547. The Bertz CT molecular complexity index is 1280. The van der Waals surface area contributed by atoms with E-state index in [1.54, 1.807) is 6.08 Å². The molecule has 0 aliphatic carbocycles. The molecule has 0 heterocycles. The monoisotopic (exact) mass is 1010 g/mol. The van der Waals surface area contributed by atoms with Gasteiger partial charge < -0.3 is 19.8 Å². The average molecular weight is 1010 g/mol. The Morgan fingerprint density at radius 1 is 0.486 bits per heavy atom. The topological polar surface area (TPSA) is 105 Å². The number of likely N-dealkylation sites (N-methyl/N-ethyl adjacent to an activating group) is 1. The molecule has 3 atom stereocenters. The number of hydrogen-bond donors (Lipinski definition) is 3. The van der Waals surface area contributed by atoms with Crippen LogP contribution in [0, 0.1) is 0 Å². The van der Waals surface area contributed by atoms with E-state index >= 15 is 0 Å². The van der Waals surface area contributed by atoms with Gasteiger partial charge in [0.1, 0.15) is 13.2 Å². The van der Waals surface area contributed by atoms with E-state index in [9.17, 15) is 19.4 Å². The van der Waals surface area contributed by atoms with Crippen LogP contribution in [0.5, 0.6) is 0 Å². The molecule has 0 aliphatic rings. The standard InChI is InChI=1S/C61H117N2O6P/c1-6-8-10-12-14-16-18-20-22-24-26-27-28-29-30-31-32-33-34-35-37-38-40-42-44-46-48-50-52-54-60(64)59(58-69-70(66,67)68-57-56-63(3,4)5)62-61(65)55-53-51-49-47-45-43-41-39-36-25-23-21-19-17-15-13-11-9-7-2/h15,17,21,23,44,46,52,54,59-60,64H,6-14,16,18-20,22,24-43,45,47-51,53,55-58H2,1-5H3,(H-,62,65,66,67)/p+1/b17-15-,23-21-,46-44+,54-52+. The number of carbonyl (C=O) groups excluding carboxylic acids is 1. The Hall–Kier alpha value is -1.54. The number of phosphoric ester groups is 1. The fraction of sp³-hybridized carbons (Fsp3) is 0.852. The van der Waals surface area contributed by atoms with Gasteiger partial charge in [0.15, 0.2) is 0 Å². The Balaban J connectivity index is 4.19. The normalized spacial score (nSPS) is 14.2. The smallest absolute Gasteiger partial charge is 0.387 e. The van der Waals surface area contributed by atoms with Crippen molar-refractivity contribution in [1.82, 2.24) is 5.32 Å². The lowest BCUT2D eigenvalue weighted by Gasteiger charge is -2.25. The predicted molar refractivity (Wildman–Crippen MR) is 304 cm³/mol. The number of amides is 1. The molecule has 0 saturated heterocycles. The summed E-state index contributed by atoms with van der Waals surface area (Å²) in [4.78, 5) is 23.3. The Morgan fingerprint density at radius 2 is 0.829 bits per heavy atom. The van der Waals surface area contributed by atoms with Crippen LogP contribution < -0.4 is 5.32 Å². The van der Waals surface area contributed by atoms with Crippen LogP contribution in [0.1, 0.15) is 284 Å². The largest absolute Gasteiger partial charge is 0.472 e. The predicted octanol–water partition coefficient (Wildman–Crippen LogP) is 18.3. The molecule has 3 unspecified atom stereocenters. The van der Waals surface area contributed by atoms with Crippen LogP contribution in [0.15, 0.2) is 48.6 Å². The first-order valence-corrected chi connectivity index (χ1v) is 31.5. The van der Waals surface area contributed by atoms with Crippen LogP contribution in [0.3, 0.4) is 0 Å². The van der Waals surface area contributed by atoms with Gasteiger partial charge in [-0.3, -0.25) is 13.8 Å². The number of rotatable bonds is 55. The van der Waals surface area contributed by atoms with Gasteiger partial charge in [0.25, 0.3) is 0 Å². The molecule has 3 N–H and O–H groups in total. The second kappa shape index (κ2) is 52.3. The third-order valence-electron chi connectivity index (χ3n) is 13.5. The highest BCUT2D eigenvalue weighted by molar-refractivity contribution is 7.47. The van der Waals surface area contributed by atoms with E-state index in [4.69, 9.17) is 9.05 Å². The summed E-state index contributed by atoms with van der Waals surface area (Å²) in [6.07, 6.45) is 69.4. The first kappa shape index (κ1) is 68.5. The lowest BCUT2D eigenvalue weighted by atomic mass is 10.0. The van der Waals surface area contributed by atoms with Crippen molar-refractivity contribution in [3.8, 4) is 0 Å². The molecule has 0 aliphatic heterocycles. The second-order valence-electron chi connectivity index (χ2n) is 21.7. The Labute approximate surface area is 435 Å². The minimum Gasteiger partial charge on any atom is -0.387 e. The van der Waals surface area contributed by atoms with Crippen molar-refractivity contribution in [2.24, 2.45) is 0 Å². The van der Waals surface area contributed by atoms with Gasteiger partial charge in [-0.15, -0.1) is 0 Å². The summed E-state index contributed by atoms with van der Waals surface area (Å²) in [5.74, 6) is -0.190. The molecule has 0 fully saturated rings. The third kappa shape index (κ3) is 54.2. The Morgan fingerprint density at radius 3 is 1.26 bits per heavy atom. The zero-order valence-electron chi connectivity index (χ0n) is 47.0. The number of aliphatic hydroxyl groups excluding tert-OH is 1. The Kier molecular flexibility index (Phi) is 51.2. The lowest BCUT2D eigenvalue weighted by Crippen LogP contribution is -2.45. The number of phosphoric acid groups is 1. The SMILES string of the molecule is CCCCC/C=C\C/C=C\CCCCCCCCCCCC(=O)NC(COP(=O)(O)OCC[N+](C)(C)C)C(O)/C=C/CC/C=C/CCCCCCCCCCCCCCCCCCCCCCCCC. The third-order valence-corrected chi connectivity index (χ3v) is 14.5. The maximum Gasteiger partial charge on any atom is 0.472 e. The highest BCUT2D eigenvalue weighted by atomic mass is 31.2. The van der Waals surface area contributed by atoms with E-state index in [0.29, 0.717) is 17.4 Å². The molecule has 70 heavy (non-hydrogen) atoms. The van der Waals surface area contributed by atoms with Crippen LogP contribution >= 0.6 is 7.82 Å². The van der Waals surface area contributed by atoms with E-state index in [1.165, 1.54) is 218 Å². The average Bonchev–Trinajstić information content (AvgIpc) is 3.32. The van der Waals surface area contributed by atoms with Gasteiger partial charge in [-0.05, 0) is 64.2 Å². The van der Waals surface area contributed by atoms with E-state index in [1.807, 2.05) is 27.2 Å². The summed E-state index contributed by atoms with van der Waals surface area (Å²) in [7, 11) is 1.56. The molecule has 0 saturated carbocycles. The number of quaternary nitrogens is 1. The second-order valence-corrected chi connectivity index (χ2v) is 23.2. The molecular formula is C61H118N2O6P+. The zero-order valence-corrected chi connectivity index (χ0v) is 47.9. The number of allylic oxidation sites excluding steroid dienone is 7. The molecular weight excluding hydrogens is 888 g/mol. The molecule has 0 aromatic rings. The quantitative estimate of drug-likeness (QED) is 0.0243. The molecule has 8 nitrogen and oxygen atoms in total. The molecule has 1 amide bonds. The van der Waals surface area contributed by atoms with Gasteiger partial charge in [-0.1, -0.05) is 262 Å². The molecule has 0 rings (SSSR count). The summed E-state index contributed by atoms with van der Waals surface area (Å²) in [6.45, 7) is 4.80. The highest BCUT2D eigenvalue weighted by Crippen LogP contribution is 2.43. The first-order chi connectivity index (χ1) is 34.0. The maximum absolute atomic E-state index is 13.0. The van der Waals surface area contributed by atoms with Crippen LogP contribution in [0.2, 0.25) is 0 Å². The number of hydrogen-bond acceptors (Lipinski definition) is 5. The molecule has 0 aromatic heterocycles. The van der Waals surface area contributed by atoms with Gasteiger partial charge in [-0.2, -0.15) is 0 Å². The van der Waals surface area contributed by atoms with E-state index < -0.39 is 20.0 Å². The zero-order chi connectivity index (χ0) is 51.3. The van der Waals surface area contributed by atoms with Gasteiger partial charge in [0, 0.05) is 6.42 Å². The van der Waals surface area contributed by atoms with Gasteiger partial charge in [0.05, 0.1) is 39.9 Å². The van der Waals surface area contributed by atoms with Crippen LogP contribution in [0.25, 0.3) is 0 Å². The van der Waals surface area contributed by atoms with E-state index in [2.05, 4.69) is 55.6 Å². The summed E-state index contributed by atoms with van der Waals surface area (Å²) in [5, 5.41) is 13.9. The van der Waals surface area contributed by atoms with Crippen LogP contribution in [-0.4, -0.2) is 73.4 Å².